The van der Waals surface area contributed by atoms with Gasteiger partial charge in [0.15, 0.2) is 5.82 Å². The van der Waals surface area contributed by atoms with Gasteiger partial charge in [-0.05, 0) is 6.42 Å². The Balaban J connectivity index is 2.72. The lowest BCUT2D eigenvalue weighted by Crippen LogP contribution is -2.24. The molecule has 3 N–H and O–H groups in total. The van der Waals surface area contributed by atoms with Crippen molar-refractivity contribution in [2.24, 2.45) is 0 Å². The van der Waals surface area contributed by atoms with Crippen molar-refractivity contribution in [3.8, 4) is 0 Å². The molecule has 15 heavy (non-hydrogen) atoms. The van der Waals surface area contributed by atoms with Crippen LogP contribution < -0.4 is 5.84 Å². The van der Waals surface area contributed by atoms with Crippen LogP contribution in [-0.4, -0.2) is 32.3 Å². The minimum absolute atomic E-state index is 0.0997. The van der Waals surface area contributed by atoms with Crippen LogP contribution in [0, 0.1) is 0 Å². The summed E-state index contributed by atoms with van der Waals surface area (Å²) in [6, 6.07) is 0. The van der Waals surface area contributed by atoms with E-state index < -0.39 is 0 Å². The summed E-state index contributed by atoms with van der Waals surface area (Å²) in [6.07, 6.45) is 0.738. The first-order valence-electron chi connectivity index (χ1n) is 4.91. The molecule has 0 aliphatic carbocycles. The monoisotopic (exact) mass is 230 g/mol. The number of rotatable bonds is 4. The Hall–Kier alpha value is -0.750. The first kappa shape index (κ1) is 12.3. The van der Waals surface area contributed by atoms with E-state index in [-0.39, 0.29) is 12.0 Å². The molecule has 1 aromatic rings. The second-order valence-electron chi connectivity index (χ2n) is 4.35. The van der Waals surface area contributed by atoms with Crippen LogP contribution in [0.4, 0.5) is 0 Å². The summed E-state index contributed by atoms with van der Waals surface area (Å²) in [7, 11) is 0. The Labute approximate surface area is 94.0 Å². The number of aromatic nitrogens is 3. The zero-order valence-corrected chi connectivity index (χ0v) is 10.2. The van der Waals surface area contributed by atoms with Crippen LogP contribution >= 0.6 is 11.8 Å². The molecular formula is C9H18N4OS. The van der Waals surface area contributed by atoms with E-state index >= 15 is 0 Å². The molecule has 0 amide bonds. The summed E-state index contributed by atoms with van der Waals surface area (Å²) in [4.78, 5) is 0. The van der Waals surface area contributed by atoms with Gasteiger partial charge in [-0.25, -0.2) is 4.68 Å². The summed E-state index contributed by atoms with van der Waals surface area (Å²) in [6.45, 7) is 6.32. The number of aliphatic hydroxyl groups is 1. The first-order valence-corrected chi connectivity index (χ1v) is 5.90. The first-order chi connectivity index (χ1) is 6.96. The Morgan fingerprint density at radius 2 is 2.07 bits per heavy atom. The Morgan fingerprint density at radius 1 is 1.40 bits per heavy atom. The Bertz CT molecular complexity index is 318. The van der Waals surface area contributed by atoms with Gasteiger partial charge in [0.1, 0.15) is 0 Å². The lowest BCUT2D eigenvalue weighted by atomic mass is 9.96. The Kier molecular flexibility index (Phi) is 3.98. The molecule has 5 nitrogen and oxygen atoms in total. The van der Waals surface area contributed by atoms with Crippen molar-refractivity contribution in [3.63, 3.8) is 0 Å². The Morgan fingerprint density at radius 3 is 2.53 bits per heavy atom. The maximum absolute atomic E-state index is 8.66. The van der Waals surface area contributed by atoms with Gasteiger partial charge in [0.05, 0.1) is 0 Å². The molecule has 6 heteroatoms. The minimum Gasteiger partial charge on any atom is -0.396 e. The van der Waals surface area contributed by atoms with Crippen molar-refractivity contribution < 1.29 is 5.11 Å². The average molecular weight is 230 g/mol. The smallest absolute Gasteiger partial charge is 0.209 e. The van der Waals surface area contributed by atoms with Crippen molar-refractivity contribution in [1.29, 1.82) is 0 Å². The van der Waals surface area contributed by atoms with E-state index in [2.05, 4.69) is 10.2 Å². The van der Waals surface area contributed by atoms with Crippen LogP contribution in [0.5, 0.6) is 0 Å². The van der Waals surface area contributed by atoms with Gasteiger partial charge in [0.25, 0.3) is 0 Å². The molecule has 0 aromatic carbocycles. The fourth-order valence-corrected chi connectivity index (χ4v) is 1.89. The van der Waals surface area contributed by atoms with Crippen LogP contribution in [0.15, 0.2) is 5.16 Å². The van der Waals surface area contributed by atoms with Crippen LogP contribution in [-0.2, 0) is 5.41 Å². The van der Waals surface area contributed by atoms with Crippen molar-refractivity contribution in [2.45, 2.75) is 37.8 Å². The lowest BCUT2D eigenvalue weighted by Gasteiger charge is -2.16. The number of nitrogen functional groups attached to an aromatic ring is 1. The molecular weight excluding hydrogens is 212 g/mol. The van der Waals surface area contributed by atoms with Gasteiger partial charge in [0.2, 0.25) is 5.16 Å². The van der Waals surface area contributed by atoms with E-state index in [1.807, 2.05) is 20.8 Å². The number of nitrogens with two attached hydrogens (primary N) is 1. The van der Waals surface area contributed by atoms with Crippen LogP contribution in [0.1, 0.15) is 33.0 Å². The number of thioether (sulfide) groups is 1. The summed E-state index contributed by atoms with van der Waals surface area (Å²) < 4.78 is 1.53. The van der Waals surface area contributed by atoms with E-state index in [9.17, 15) is 0 Å². The molecule has 0 bridgehead atoms. The largest absolute Gasteiger partial charge is 0.396 e. The van der Waals surface area contributed by atoms with Gasteiger partial charge in [-0.3, -0.25) is 0 Å². The van der Waals surface area contributed by atoms with Crippen molar-refractivity contribution in [1.82, 2.24) is 14.9 Å². The van der Waals surface area contributed by atoms with E-state index in [1.165, 1.54) is 16.4 Å². The molecule has 0 aliphatic rings. The standard InChI is InChI=1S/C9H18N4OS/c1-9(2,3)7-11-12-8(13(7)10)15-6-4-5-14/h14H,4-6,10H2,1-3H3. The van der Waals surface area contributed by atoms with Gasteiger partial charge in [-0.15, -0.1) is 10.2 Å². The number of aliphatic hydroxyl groups excluding tert-OH is 1. The maximum atomic E-state index is 8.66. The molecule has 86 valence electrons. The molecule has 0 unspecified atom stereocenters. The van der Waals surface area contributed by atoms with Crippen molar-refractivity contribution >= 4 is 11.8 Å². The zero-order chi connectivity index (χ0) is 11.5. The number of hydrogen-bond donors (Lipinski definition) is 2. The third-order valence-electron chi connectivity index (χ3n) is 1.87. The van der Waals surface area contributed by atoms with Crippen molar-refractivity contribution in [2.75, 3.05) is 18.2 Å². The van der Waals surface area contributed by atoms with Gasteiger partial charge >= 0.3 is 0 Å². The second kappa shape index (κ2) is 4.85. The van der Waals surface area contributed by atoms with Gasteiger partial charge in [0, 0.05) is 17.8 Å². The highest BCUT2D eigenvalue weighted by atomic mass is 32.2. The van der Waals surface area contributed by atoms with Crippen LogP contribution in [0.3, 0.4) is 0 Å². The van der Waals surface area contributed by atoms with E-state index in [1.54, 1.807) is 0 Å². The molecule has 0 atom stereocenters. The third-order valence-corrected chi connectivity index (χ3v) is 2.90. The average Bonchev–Trinajstić information content (AvgIpc) is 2.47. The molecule has 0 saturated carbocycles. The summed E-state index contributed by atoms with van der Waals surface area (Å²) >= 11 is 1.51. The SMILES string of the molecule is CC(C)(C)c1nnc(SCCCO)n1N. The zero-order valence-electron chi connectivity index (χ0n) is 9.40. The maximum Gasteiger partial charge on any atom is 0.209 e. The topological polar surface area (TPSA) is 77.0 Å². The highest BCUT2D eigenvalue weighted by molar-refractivity contribution is 7.99. The molecule has 1 rings (SSSR count). The molecule has 1 aromatic heterocycles. The number of hydrogen-bond acceptors (Lipinski definition) is 5. The third kappa shape index (κ3) is 3.10. The van der Waals surface area contributed by atoms with Crippen molar-refractivity contribution in [3.05, 3.63) is 5.82 Å². The van der Waals surface area contributed by atoms with Gasteiger partial charge in [-0.2, -0.15) is 0 Å². The fourth-order valence-electron chi connectivity index (χ4n) is 1.11. The predicted octanol–water partition coefficient (Wildman–Crippen LogP) is 0.764. The summed E-state index contributed by atoms with van der Waals surface area (Å²) in [5, 5.41) is 17.5. The fraction of sp³-hybridized carbons (Fsp3) is 0.778. The minimum atomic E-state index is -0.0997. The van der Waals surface area contributed by atoms with E-state index in [4.69, 9.17) is 10.9 Å². The van der Waals surface area contributed by atoms with Crippen LogP contribution in [0.2, 0.25) is 0 Å². The summed E-state index contributed by atoms with van der Waals surface area (Å²) in [5.41, 5.74) is -0.0997. The molecule has 1 heterocycles. The van der Waals surface area contributed by atoms with E-state index in [0.29, 0.717) is 5.16 Å². The second-order valence-corrected chi connectivity index (χ2v) is 5.41. The quantitative estimate of drug-likeness (QED) is 0.454. The highest BCUT2D eigenvalue weighted by Gasteiger charge is 2.22. The normalized spacial score (nSPS) is 12.0. The molecule has 0 fully saturated rings. The number of nitrogens with zero attached hydrogens (tertiary/aromatic N) is 3. The molecule has 0 spiro atoms. The van der Waals surface area contributed by atoms with Gasteiger partial charge < -0.3 is 10.9 Å². The summed E-state index contributed by atoms with van der Waals surface area (Å²) in [5.74, 6) is 7.45. The molecule has 0 radical (unpaired) electrons. The lowest BCUT2D eigenvalue weighted by molar-refractivity contribution is 0.296. The highest BCUT2D eigenvalue weighted by Crippen LogP contribution is 2.23. The van der Waals surface area contributed by atoms with Crippen LogP contribution in [0.25, 0.3) is 0 Å². The molecule has 0 saturated heterocycles. The van der Waals surface area contributed by atoms with Gasteiger partial charge in [-0.1, -0.05) is 32.5 Å². The van der Waals surface area contributed by atoms with E-state index in [0.717, 1.165) is 18.0 Å². The molecule has 0 aliphatic heterocycles. The predicted molar refractivity (Wildman–Crippen MR) is 61.3 cm³/mol.